The molecule has 1 unspecified atom stereocenters. The highest BCUT2D eigenvalue weighted by Crippen LogP contribution is 2.28. The maximum atomic E-state index is 12.9. The maximum Gasteiger partial charge on any atom is 0.241 e. The summed E-state index contributed by atoms with van der Waals surface area (Å²) >= 11 is 3.26. The van der Waals surface area contributed by atoms with Crippen LogP contribution in [0.4, 0.5) is 4.39 Å². The van der Waals surface area contributed by atoms with Crippen molar-refractivity contribution in [1.82, 2.24) is 4.72 Å². The summed E-state index contributed by atoms with van der Waals surface area (Å²) in [6, 6.07) is 9.71. The molecule has 0 aliphatic carbocycles. The number of ether oxygens (including phenoxy) is 1. The molecule has 22 heavy (non-hydrogen) atoms. The molecule has 0 amide bonds. The van der Waals surface area contributed by atoms with Crippen LogP contribution in [0.25, 0.3) is 0 Å². The number of methoxy groups -OCH3 is 1. The molecule has 0 radical (unpaired) electrons. The van der Waals surface area contributed by atoms with Gasteiger partial charge in [0.05, 0.1) is 16.5 Å². The van der Waals surface area contributed by atoms with Gasteiger partial charge in [0, 0.05) is 6.04 Å². The Bertz CT molecular complexity index is 763. The van der Waals surface area contributed by atoms with Crippen molar-refractivity contribution in [2.24, 2.45) is 0 Å². The first kappa shape index (κ1) is 16.9. The van der Waals surface area contributed by atoms with Crippen LogP contribution in [0.2, 0.25) is 0 Å². The molecule has 0 aliphatic heterocycles. The second-order valence-corrected chi connectivity index (χ2v) is 7.26. The zero-order valence-electron chi connectivity index (χ0n) is 12.0. The lowest BCUT2D eigenvalue weighted by Crippen LogP contribution is -2.26. The molecule has 0 aliphatic rings. The lowest BCUT2D eigenvalue weighted by atomic mass is 10.1. The molecule has 2 rings (SSSR count). The van der Waals surface area contributed by atoms with Crippen LogP contribution < -0.4 is 9.46 Å². The Balaban J connectivity index is 2.23. The third-order valence-corrected chi connectivity index (χ3v) is 5.29. The Hall–Kier alpha value is -1.44. The first-order valence-corrected chi connectivity index (χ1v) is 8.72. The zero-order valence-corrected chi connectivity index (χ0v) is 14.4. The van der Waals surface area contributed by atoms with Crippen molar-refractivity contribution in [1.29, 1.82) is 0 Å². The number of sulfonamides is 1. The summed E-state index contributed by atoms with van der Waals surface area (Å²) in [5, 5.41) is 0. The van der Waals surface area contributed by atoms with Crippen molar-refractivity contribution in [3.05, 3.63) is 58.3 Å². The summed E-state index contributed by atoms with van der Waals surface area (Å²) < 4.78 is 45.9. The number of hydrogen-bond acceptors (Lipinski definition) is 3. The molecule has 0 heterocycles. The van der Waals surface area contributed by atoms with Gasteiger partial charge in [0.15, 0.2) is 0 Å². The topological polar surface area (TPSA) is 55.4 Å². The molecule has 0 aromatic heterocycles. The van der Waals surface area contributed by atoms with Gasteiger partial charge in [-0.3, -0.25) is 0 Å². The van der Waals surface area contributed by atoms with E-state index < -0.39 is 16.1 Å². The van der Waals surface area contributed by atoms with Gasteiger partial charge in [-0.25, -0.2) is 17.5 Å². The van der Waals surface area contributed by atoms with Crippen LogP contribution in [-0.4, -0.2) is 15.5 Å². The van der Waals surface area contributed by atoms with E-state index in [4.69, 9.17) is 4.74 Å². The Morgan fingerprint density at radius 2 is 1.82 bits per heavy atom. The third-order valence-electron chi connectivity index (χ3n) is 3.14. The van der Waals surface area contributed by atoms with Crippen LogP contribution in [0.3, 0.4) is 0 Å². The largest absolute Gasteiger partial charge is 0.496 e. The van der Waals surface area contributed by atoms with Gasteiger partial charge in [0.2, 0.25) is 10.0 Å². The Morgan fingerprint density at radius 3 is 2.36 bits per heavy atom. The van der Waals surface area contributed by atoms with E-state index >= 15 is 0 Å². The molecule has 118 valence electrons. The van der Waals surface area contributed by atoms with Crippen LogP contribution in [0.1, 0.15) is 18.5 Å². The minimum absolute atomic E-state index is 0.120. The normalized spacial score (nSPS) is 12.9. The molecule has 7 heteroatoms. The average Bonchev–Trinajstić information content (AvgIpc) is 2.47. The molecule has 0 spiro atoms. The SMILES string of the molecule is COc1ccc(S(=O)(=O)NC(C)c2ccc(F)cc2)cc1Br. The minimum Gasteiger partial charge on any atom is -0.496 e. The third kappa shape index (κ3) is 3.85. The van der Waals surface area contributed by atoms with Crippen molar-refractivity contribution >= 4 is 26.0 Å². The lowest BCUT2D eigenvalue weighted by molar-refractivity contribution is 0.411. The van der Waals surface area contributed by atoms with Gasteiger partial charge in [-0.05, 0) is 58.7 Å². The van der Waals surface area contributed by atoms with Crippen LogP contribution in [0.15, 0.2) is 51.8 Å². The monoisotopic (exact) mass is 387 g/mol. The number of halogens is 2. The van der Waals surface area contributed by atoms with Gasteiger partial charge in [0.25, 0.3) is 0 Å². The van der Waals surface area contributed by atoms with E-state index in [2.05, 4.69) is 20.7 Å². The van der Waals surface area contributed by atoms with Crippen LogP contribution >= 0.6 is 15.9 Å². The second kappa shape index (κ2) is 6.76. The van der Waals surface area contributed by atoms with Crippen molar-refractivity contribution in [3.8, 4) is 5.75 Å². The highest BCUT2D eigenvalue weighted by atomic mass is 79.9. The molecule has 4 nitrogen and oxygen atoms in total. The molecule has 0 saturated carbocycles. The summed E-state index contributed by atoms with van der Waals surface area (Å²) in [7, 11) is -2.19. The molecule has 1 N–H and O–H groups in total. The van der Waals surface area contributed by atoms with Gasteiger partial charge < -0.3 is 4.74 Å². The lowest BCUT2D eigenvalue weighted by Gasteiger charge is -2.15. The molecule has 0 bridgehead atoms. The summed E-state index contributed by atoms with van der Waals surface area (Å²) in [6.45, 7) is 1.70. The molecule has 2 aromatic rings. The van der Waals surface area contributed by atoms with Crippen molar-refractivity contribution in [2.45, 2.75) is 17.9 Å². The van der Waals surface area contributed by atoms with E-state index in [1.807, 2.05) is 0 Å². The van der Waals surface area contributed by atoms with E-state index in [9.17, 15) is 12.8 Å². The average molecular weight is 388 g/mol. The second-order valence-electron chi connectivity index (χ2n) is 4.69. The number of benzene rings is 2. The zero-order chi connectivity index (χ0) is 16.3. The summed E-state index contributed by atoms with van der Waals surface area (Å²) in [4.78, 5) is 0.120. The van der Waals surface area contributed by atoms with Gasteiger partial charge >= 0.3 is 0 Å². The highest BCUT2D eigenvalue weighted by molar-refractivity contribution is 9.10. The smallest absolute Gasteiger partial charge is 0.241 e. The number of hydrogen-bond donors (Lipinski definition) is 1. The fourth-order valence-electron chi connectivity index (χ4n) is 1.93. The predicted molar refractivity (Wildman–Crippen MR) is 85.8 cm³/mol. The molecule has 0 fully saturated rings. The van der Waals surface area contributed by atoms with Crippen molar-refractivity contribution < 1.29 is 17.5 Å². The van der Waals surface area contributed by atoms with Gasteiger partial charge in [-0.2, -0.15) is 0 Å². The maximum absolute atomic E-state index is 12.9. The Labute approximate surface area is 137 Å². The Morgan fingerprint density at radius 1 is 1.18 bits per heavy atom. The quantitative estimate of drug-likeness (QED) is 0.851. The number of nitrogens with one attached hydrogen (secondary N) is 1. The fraction of sp³-hybridized carbons (Fsp3) is 0.200. The molecule has 2 aromatic carbocycles. The van der Waals surface area contributed by atoms with Gasteiger partial charge in [-0.1, -0.05) is 12.1 Å². The van der Waals surface area contributed by atoms with Gasteiger partial charge in [0.1, 0.15) is 11.6 Å². The first-order valence-electron chi connectivity index (χ1n) is 6.45. The molecular weight excluding hydrogens is 373 g/mol. The van der Waals surface area contributed by atoms with Crippen LogP contribution in [-0.2, 0) is 10.0 Å². The highest BCUT2D eigenvalue weighted by Gasteiger charge is 2.19. The Kier molecular flexibility index (Phi) is 5.20. The standard InChI is InChI=1S/C15H15BrFNO3S/c1-10(11-3-5-12(17)6-4-11)18-22(19,20)13-7-8-15(21-2)14(16)9-13/h3-10,18H,1-2H3. The first-order chi connectivity index (χ1) is 10.3. The summed E-state index contributed by atoms with van der Waals surface area (Å²) in [6.07, 6.45) is 0. The fourth-order valence-corrected chi connectivity index (χ4v) is 3.88. The summed E-state index contributed by atoms with van der Waals surface area (Å²) in [5.74, 6) is 0.184. The van der Waals surface area contributed by atoms with Crippen molar-refractivity contribution in [2.75, 3.05) is 7.11 Å². The molecule has 0 saturated heterocycles. The van der Waals surface area contributed by atoms with E-state index in [1.54, 1.807) is 25.1 Å². The van der Waals surface area contributed by atoms with Crippen molar-refractivity contribution in [3.63, 3.8) is 0 Å². The van der Waals surface area contributed by atoms with E-state index in [0.717, 1.165) is 0 Å². The minimum atomic E-state index is -3.69. The van der Waals surface area contributed by atoms with E-state index in [1.165, 1.54) is 31.4 Å². The van der Waals surface area contributed by atoms with E-state index in [-0.39, 0.29) is 10.7 Å². The molecule has 1 atom stereocenters. The summed E-state index contributed by atoms with van der Waals surface area (Å²) in [5.41, 5.74) is 0.678. The van der Waals surface area contributed by atoms with Crippen LogP contribution in [0.5, 0.6) is 5.75 Å². The molecular formula is C15H15BrFNO3S. The van der Waals surface area contributed by atoms with Crippen LogP contribution in [0, 0.1) is 5.82 Å². The predicted octanol–water partition coefficient (Wildman–Crippen LogP) is 3.64. The van der Waals surface area contributed by atoms with E-state index in [0.29, 0.717) is 15.8 Å². The number of rotatable bonds is 5. The van der Waals surface area contributed by atoms with Gasteiger partial charge in [-0.15, -0.1) is 0 Å².